The average molecular weight is 240 g/mol. The van der Waals surface area contributed by atoms with Gasteiger partial charge in [0.1, 0.15) is 5.69 Å². The second-order valence-electron chi connectivity index (χ2n) is 2.64. The van der Waals surface area contributed by atoms with Crippen molar-refractivity contribution in [3.8, 4) is 0 Å². The third-order valence-electron chi connectivity index (χ3n) is 1.85. The van der Waals surface area contributed by atoms with E-state index < -0.39 is 5.97 Å². The molecule has 0 amide bonds. The minimum atomic E-state index is -0.924. The largest absolute Gasteiger partial charge is 0.477 e. The van der Waals surface area contributed by atoms with Crippen molar-refractivity contribution >= 4 is 27.4 Å². The lowest BCUT2D eigenvalue weighted by Gasteiger charge is -1.95. The lowest BCUT2D eigenvalue weighted by molar-refractivity contribution is 0.0689. The summed E-state index contributed by atoms with van der Waals surface area (Å²) in [4.78, 5) is 10.8. The van der Waals surface area contributed by atoms with Gasteiger partial charge in [0.25, 0.3) is 0 Å². The number of carboxylic acids is 1. The molecule has 0 aromatic carbocycles. The summed E-state index contributed by atoms with van der Waals surface area (Å²) in [6.45, 7) is 0. The number of rotatable bonds is 1. The third-order valence-corrected chi connectivity index (χ3v) is 2.48. The maximum atomic E-state index is 10.8. The number of hydrogen-bond acceptors (Lipinski definition) is 1. The molecular weight excluding hydrogens is 234 g/mol. The second kappa shape index (κ2) is 2.88. The Labute approximate surface area is 82.7 Å². The Hall–Kier alpha value is -1.29. The minimum absolute atomic E-state index is 0.266. The normalized spacial score (nSPS) is 10.5. The van der Waals surface area contributed by atoms with Crippen molar-refractivity contribution in [1.82, 2.24) is 4.40 Å². The van der Waals surface area contributed by atoms with Crippen LogP contribution >= 0.6 is 15.9 Å². The van der Waals surface area contributed by atoms with Crippen LogP contribution in [0.2, 0.25) is 0 Å². The smallest absolute Gasteiger partial charge is 0.352 e. The summed E-state index contributed by atoms with van der Waals surface area (Å²) in [5.41, 5.74) is 1.13. The van der Waals surface area contributed by atoms with Gasteiger partial charge in [-0.05, 0) is 34.1 Å². The van der Waals surface area contributed by atoms with Crippen LogP contribution in [0.5, 0.6) is 0 Å². The molecule has 2 aromatic rings. The number of hydrogen-bond donors (Lipinski definition) is 1. The Kier molecular flexibility index (Phi) is 1.84. The molecule has 3 nitrogen and oxygen atoms in total. The number of aromatic carboxylic acids is 1. The van der Waals surface area contributed by atoms with Gasteiger partial charge < -0.3 is 9.51 Å². The zero-order valence-electron chi connectivity index (χ0n) is 6.57. The van der Waals surface area contributed by atoms with Gasteiger partial charge in [-0.1, -0.05) is 6.07 Å². The number of aromatic nitrogens is 1. The monoisotopic (exact) mass is 239 g/mol. The maximum Gasteiger partial charge on any atom is 0.352 e. The highest BCUT2D eigenvalue weighted by atomic mass is 79.9. The number of halogens is 1. The van der Waals surface area contributed by atoms with E-state index in [4.69, 9.17) is 5.11 Å². The van der Waals surface area contributed by atoms with E-state index >= 15 is 0 Å². The van der Waals surface area contributed by atoms with E-state index in [9.17, 15) is 4.79 Å². The van der Waals surface area contributed by atoms with E-state index in [1.165, 1.54) is 0 Å². The third kappa shape index (κ3) is 1.23. The van der Waals surface area contributed by atoms with Gasteiger partial charge in [-0.2, -0.15) is 0 Å². The molecule has 0 saturated heterocycles. The van der Waals surface area contributed by atoms with E-state index in [0.717, 1.165) is 9.99 Å². The van der Waals surface area contributed by atoms with Crippen molar-refractivity contribution in [3.05, 3.63) is 40.6 Å². The summed E-state index contributed by atoms with van der Waals surface area (Å²) in [5, 5.41) is 8.85. The molecule has 13 heavy (non-hydrogen) atoms. The molecule has 0 atom stereocenters. The van der Waals surface area contributed by atoms with Crippen LogP contribution in [0.15, 0.2) is 34.9 Å². The number of pyridine rings is 1. The molecule has 66 valence electrons. The van der Waals surface area contributed by atoms with Gasteiger partial charge in [-0.25, -0.2) is 4.79 Å². The molecule has 0 fully saturated rings. The topological polar surface area (TPSA) is 41.7 Å². The lowest BCUT2D eigenvalue weighted by Crippen LogP contribution is -2.00. The van der Waals surface area contributed by atoms with Crippen molar-refractivity contribution in [2.75, 3.05) is 0 Å². The van der Waals surface area contributed by atoms with Crippen LogP contribution in [0, 0.1) is 0 Å². The quantitative estimate of drug-likeness (QED) is 0.831. The fourth-order valence-corrected chi connectivity index (χ4v) is 1.82. The molecule has 0 aliphatic carbocycles. The minimum Gasteiger partial charge on any atom is -0.477 e. The first-order valence-electron chi connectivity index (χ1n) is 3.69. The van der Waals surface area contributed by atoms with Crippen molar-refractivity contribution in [2.45, 2.75) is 0 Å². The summed E-state index contributed by atoms with van der Waals surface area (Å²) in [7, 11) is 0. The summed E-state index contributed by atoms with van der Waals surface area (Å²) in [6, 6.07) is 7.12. The van der Waals surface area contributed by atoms with Crippen LogP contribution in [0.25, 0.3) is 5.52 Å². The Morgan fingerprint density at radius 3 is 2.92 bits per heavy atom. The summed E-state index contributed by atoms with van der Waals surface area (Å²) in [5.74, 6) is -0.924. The first-order chi connectivity index (χ1) is 6.20. The molecule has 0 aliphatic heterocycles. The molecule has 0 aliphatic rings. The molecule has 2 rings (SSSR count). The number of fused-ring (bicyclic) bond motifs is 1. The zero-order chi connectivity index (χ0) is 9.42. The summed E-state index contributed by atoms with van der Waals surface area (Å²) in [6.07, 6.45) is 1.73. The SMILES string of the molecule is O=C(O)c1cc(Br)c2ccccn12. The molecule has 2 heterocycles. The van der Waals surface area contributed by atoms with Gasteiger partial charge in [-0.15, -0.1) is 0 Å². The van der Waals surface area contributed by atoms with Crippen LogP contribution in [0.4, 0.5) is 0 Å². The molecule has 1 N–H and O–H groups in total. The fourth-order valence-electron chi connectivity index (χ4n) is 1.28. The first kappa shape index (κ1) is 8.31. The molecule has 2 aromatic heterocycles. The number of carboxylic acid groups (broad SMARTS) is 1. The predicted molar refractivity (Wildman–Crippen MR) is 52.1 cm³/mol. The average Bonchev–Trinajstić information content (AvgIpc) is 2.45. The van der Waals surface area contributed by atoms with Gasteiger partial charge in [0, 0.05) is 10.7 Å². The van der Waals surface area contributed by atoms with Gasteiger partial charge in [0.05, 0.1) is 5.52 Å². The Balaban J connectivity index is 2.85. The van der Waals surface area contributed by atoms with E-state index in [1.807, 2.05) is 12.1 Å². The van der Waals surface area contributed by atoms with Crippen LogP contribution in [-0.2, 0) is 0 Å². The summed E-state index contributed by atoms with van der Waals surface area (Å²) >= 11 is 3.30. The zero-order valence-corrected chi connectivity index (χ0v) is 8.15. The van der Waals surface area contributed by atoms with Crippen molar-refractivity contribution in [1.29, 1.82) is 0 Å². The van der Waals surface area contributed by atoms with Crippen LogP contribution in [0.1, 0.15) is 10.5 Å². The van der Waals surface area contributed by atoms with Crippen LogP contribution < -0.4 is 0 Å². The highest BCUT2D eigenvalue weighted by Crippen LogP contribution is 2.22. The van der Waals surface area contributed by atoms with E-state index in [1.54, 1.807) is 22.7 Å². The molecule has 0 saturated carbocycles. The Morgan fingerprint density at radius 2 is 2.23 bits per heavy atom. The fraction of sp³-hybridized carbons (Fsp3) is 0. The lowest BCUT2D eigenvalue weighted by atomic mass is 10.4. The van der Waals surface area contributed by atoms with Gasteiger partial charge >= 0.3 is 5.97 Å². The van der Waals surface area contributed by atoms with E-state index in [2.05, 4.69) is 15.9 Å². The number of carbonyl (C=O) groups is 1. The van der Waals surface area contributed by atoms with Crippen molar-refractivity contribution < 1.29 is 9.90 Å². The van der Waals surface area contributed by atoms with Gasteiger partial charge in [-0.3, -0.25) is 0 Å². The molecule has 0 unspecified atom stereocenters. The first-order valence-corrected chi connectivity index (χ1v) is 4.48. The van der Waals surface area contributed by atoms with Gasteiger partial charge in [0.2, 0.25) is 0 Å². The summed E-state index contributed by atoms with van der Waals surface area (Å²) < 4.78 is 2.43. The highest BCUT2D eigenvalue weighted by molar-refractivity contribution is 9.10. The van der Waals surface area contributed by atoms with Gasteiger partial charge in [0.15, 0.2) is 0 Å². The van der Waals surface area contributed by atoms with Crippen LogP contribution in [-0.4, -0.2) is 15.5 Å². The Bertz CT molecular complexity index is 475. The Morgan fingerprint density at radius 1 is 1.46 bits per heavy atom. The van der Waals surface area contributed by atoms with E-state index in [-0.39, 0.29) is 5.69 Å². The molecular formula is C9H6BrNO2. The standard InChI is InChI=1S/C9H6BrNO2/c10-6-5-8(9(12)13)11-4-2-1-3-7(6)11/h1-5H,(H,12,13). The van der Waals surface area contributed by atoms with Crippen LogP contribution in [0.3, 0.4) is 0 Å². The number of nitrogens with zero attached hydrogens (tertiary/aromatic N) is 1. The molecule has 4 heteroatoms. The van der Waals surface area contributed by atoms with E-state index in [0.29, 0.717) is 0 Å². The molecule has 0 spiro atoms. The second-order valence-corrected chi connectivity index (χ2v) is 3.49. The van der Waals surface area contributed by atoms with Crippen molar-refractivity contribution in [2.24, 2.45) is 0 Å². The molecule has 0 bridgehead atoms. The van der Waals surface area contributed by atoms with Crippen molar-refractivity contribution in [3.63, 3.8) is 0 Å². The maximum absolute atomic E-state index is 10.8. The molecule has 0 radical (unpaired) electrons. The highest BCUT2D eigenvalue weighted by Gasteiger charge is 2.11. The predicted octanol–water partition coefficient (Wildman–Crippen LogP) is 2.40.